The maximum atomic E-state index is 13.1. The maximum absolute atomic E-state index is 13.1. The van der Waals surface area contributed by atoms with Crippen molar-refractivity contribution in [3.05, 3.63) is 89.0 Å². The number of carbonyl (C=O) groups is 1. The molecular formula is C31H34N2O2S. The molecular weight excluding hydrogens is 464 g/mol. The number of fused-ring (bicyclic) bond motifs is 1. The van der Waals surface area contributed by atoms with Gasteiger partial charge in [-0.15, -0.1) is 0 Å². The molecule has 0 bridgehead atoms. The minimum atomic E-state index is -0.0724. The minimum Gasteiger partial charge on any atom is -0.493 e. The van der Waals surface area contributed by atoms with Gasteiger partial charge in [0.1, 0.15) is 5.75 Å². The lowest BCUT2D eigenvalue weighted by Crippen LogP contribution is -2.34. The molecule has 0 aliphatic carbocycles. The van der Waals surface area contributed by atoms with Crippen LogP contribution in [0.4, 0.5) is 5.69 Å². The molecule has 1 N–H and O–H groups in total. The van der Waals surface area contributed by atoms with Crippen LogP contribution in [0.1, 0.15) is 36.0 Å². The van der Waals surface area contributed by atoms with Crippen LogP contribution in [0.2, 0.25) is 0 Å². The zero-order valence-electron chi connectivity index (χ0n) is 21.1. The number of amides is 1. The lowest BCUT2D eigenvalue weighted by molar-refractivity contribution is -0.113. The van der Waals surface area contributed by atoms with Gasteiger partial charge >= 0.3 is 0 Å². The van der Waals surface area contributed by atoms with Crippen LogP contribution in [0.5, 0.6) is 5.75 Å². The van der Waals surface area contributed by atoms with E-state index in [1.165, 1.54) is 35.5 Å². The first-order valence-corrected chi connectivity index (χ1v) is 13.9. The summed E-state index contributed by atoms with van der Waals surface area (Å²) >= 11 is 2.06. The number of aryl methyl sites for hydroxylation is 1. The highest BCUT2D eigenvalue weighted by molar-refractivity contribution is 7.99. The third-order valence-electron chi connectivity index (χ3n) is 7.10. The van der Waals surface area contributed by atoms with E-state index in [4.69, 9.17) is 4.74 Å². The van der Waals surface area contributed by atoms with E-state index in [1.54, 1.807) is 0 Å². The van der Waals surface area contributed by atoms with Gasteiger partial charge in [0.15, 0.2) is 0 Å². The number of carbonyl (C=O) groups excluding carboxylic acids is 1. The summed E-state index contributed by atoms with van der Waals surface area (Å²) in [7, 11) is 2.22. The van der Waals surface area contributed by atoms with Crippen molar-refractivity contribution in [3.63, 3.8) is 0 Å². The molecule has 3 aromatic rings. The summed E-state index contributed by atoms with van der Waals surface area (Å²) < 4.78 is 5.95. The van der Waals surface area contributed by atoms with Crippen molar-refractivity contribution in [2.24, 2.45) is 0 Å². The van der Waals surface area contributed by atoms with E-state index in [2.05, 4.69) is 84.5 Å². The molecule has 5 rings (SSSR count). The van der Waals surface area contributed by atoms with Crippen LogP contribution in [0.15, 0.2) is 72.3 Å². The van der Waals surface area contributed by atoms with Crippen LogP contribution >= 0.6 is 11.8 Å². The van der Waals surface area contributed by atoms with Gasteiger partial charge in [-0.3, -0.25) is 9.69 Å². The Morgan fingerprint density at radius 2 is 1.72 bits per heavy atom. The molecule has 2 aliphatic rings. The molecule has 0 atom stereocenters. The Bertz CT molecular complexity index is 1230. The molecule has 2 aliphatic heterocycles. The maximum Gasteiger partial charge on any atom is 0.251 e. The van der Waals surface area contributed by atoms with E-state index in [-0.39, 0.29) is 5.91 Å². The summed E-state index contributed by atoms with van der Waals surface area (Å²) in [5, 5.41) is 3.09. The monoisotopic (exact) mass is 498 g/mol. The van der Waals surface area contributed by atoms with Gasteiger partial charge in [0, 0.05) is 35.8 Å². The number of hydrogen-bond donors (Lipinski definition) is 1. The zero-order valence-corrected chi connectivity index (χ0v) is 21.9. The molecule has 0 saturated carbocycles. The molecule has 0 aromatic heterocycles. The molecule has 4 nitrogen and oxygen atoms in total. The SMILES string of the molecule is Cc1ccc(-c2ccc3c(c2)C=C(C(=O)Nc2ccc(CN(C)C4CCSCC4)cc2)CCO3)cc1. The molecule has 0 radical (unpaired) electrons. The summed E-state index contributed by atoms with van der Waals surface area (Å²) in [6.07, 6.45) is 5.08. The van der Waals surface area contributed by atoms with Gasteiger partial charge in [0.25, 0.3) is 5.91 Å². The van der Waals surface area contributed by atoms with E-state index in [1.807, 2.05) is 24.3 Å². The zero-order chi connectivity index (χ0) is 24.9. The van der Waals surface area contributed by atoms with Crippen molar-refractivity contribution >= 4 is 29.4 Å². The predicted octanol–water partition coefficient (Wildman–Crippen LogP) is 6.79. The largest absolute Gasteiger partial charge is 0.493 e. The fraction of sp³-hybridized carbons (Fsp3) is 0.323. The number of nitrogens with zero attached hydrogens (tertiary/aromatic N) is 1. The summed E-state index contributed by atoms with van der Waals surface area (Å²) in [4.78, 5) is 15.6. The first kappa shape index (κ1) is 24.7. The summed E-state index contributed by atoms with van der Waals surface area (Å²) in [5.41, 5.74) is 7.26. The highest BCUT2D eigenvalue weighted by Gasteiger charge is 2.19. The number of thioether (sulfide) groups is 1. The standard InChI is InChI=1S/C31H34N2O2S/c1-22-3-7-24(8-4-22)25-9-12-30-27(19-25)20-26(13-16-35-30)31(34)32-28-10-5-23(6-11-28)21-33(2)29-14-17-36-18-15-29/h3-12,19-20,29H,13-18,21H2,1-2H3,(H,32,34). The second kappa shape index (κ2) is 11.4. The smallest absolute Gasteiger partial charge is 0.251 e. The van der Waals surface area contributed by atoms with E-state index >= 15 is 0 Å². The van der Waals surface area contributed by atoms with Gasteiger partial charge in [0.05, 0.1) is 6.61 Å². The first-order chi connectivity index (χ1) is 17.5. The number of rotatable bonds is 6. The highest BCUT2D eigenvalue weighted by atomic mass is 32.2. The summed E-state index contributed by atoms with van der Waals surface area (Å²) in [6.45, 7) is 3.51. The molecule has 3 aromatic carbocycles. The summed E-state index contributed by atoms with van der Waals surface area (Å²) in [6, 6.07) is 23.6. The molecule has 36 heavy (non-hydrogen) atoms. The van der Waals surface area contributed by atoms with E-state index < -0.39 is 0 Å². The van der Waals surface area contributed by atoms with Crippen LogP contribution < -0.4 is 10.1 Å². The molecule has 1 amide bonds. The van der Waals surface area contributed by atoms with E-state index in [9.17, 15) is 4.79 Å². The van der Waals surface area contributed by atoms with Crippen molar-refractivity contribution in [1.29, 1.82) is 0 Å². The average molecular weight is 499 g/mol. The number of nitrogens with one attached hydrogen (secondary N) is 1. The van der Waals surface area contributed by atoms with Crippen molar-refractivity contribution in [1.82, 2.24) is 4.90 Å². The fourth-order valence-corrected chi connectivity index (χ4v) is 5.96. The van der Waals surface area contributed by atoms with Crippen LogP contribution in [0.3, 0.4) is 0 Å². The predicted molar refractivity (Wildman–Crippen MR) is 152 cm³/mol. The molecule has 2 heterocycles. The highest BCUT2D eigenvalue weighted by Crippen LogP contribution is 2.31. The first-order valence-electron chi connectivity index (χ1n) is 12.8. The molecule has 1 fully saturated rings. The number of anilines is 1. The fourth-order valence-electron chi connectivity index (χ4n) is 4.88. The van der Waals surface area contributed by atoms with Crippen molar-refractivity contribution in [2.75, 3.05) is 30.5 Å². The molecule has 0 unspecified atom stereocenters. The third-order valence-corrected chi connectivity index (χ3v) is 8.15. The quantitative estimate of drug-likeness (QED) is 0.406. The molecule has 1 saturated heterocycles. The second-order valence-electron chi connectivity index (χ2n) is 9.80. The lowest BCUT2D eigenvalue weighted by atomic mass is 10.00. The van der Waals surface area contributed by atoms with Crippen LogP contribution in [-0.2, 0) is 11.3 Å². The Morgan fingerprint density at radius 3 is 2.47 bits per heavy atom. The average Bonchev–Trinajstić information content (AvgIpc) is 3.13. The lowest BCUT2D eigenvalue weighted by Gasteiger charge is -2.31. The van der Waals surface area contributed by atoms with Crippen molar-refractivity contribution in [3.8, 4) is 16.9 Å². The van der Waals surface area contributed by atoms with E-state index in [0.717, 1.165) is 40.2 Å². The van der Waals surface area contributed by atoms with Gasteiger partial charge in [-0.2, -0.15) is 11.8 Å². The Labute approximate surface area is 218 Å². The van der Waals surface area contributed by atoms with Gasteiger partial charge in [0.2, 0.25) is 0 Å². The Hall–Kier alpha value is -3.02. The summed E-state index contributed by atoms with van der Waals surface area (Å²) in [5.74, 6) is 3.27. The second-order valence-corrected chi connectivity index (χ2v) is 11.0. The van der Waals surface area contributed by atoms with Crippen molar-refractivity contribution in [2.45, 2.75) is 38.8 Å². The van der Waals surface area contributed by atoms with Crippen LogP contribution in [-0.4, -0.2) is 42.0 Å². The van der Waals surface area contributed by atoms with Gasteiger partial charge in [-0.25, -0.2) is 0 Å². The van der Waals surface area contributed by atoms with Crippen LogP contribution in [0, 0.1) is 6.92 Å². The van der Waals surface area contributed by atoms with Crippen molar-refractivity contribution < 1.29 is 9.53 Å². The molecule has 5 heteroatoms. The third kappa shape index (κ3) is 6.03. The number of benzene rings is 3. The Kier molecular flexibility index (Phi) is 7.78. The number of ether oxygens (including phenoxy) is 1. The van der Waals surface area contributed by atoms with Gasteiger partial charge in [-0.05, 0) is 85.4 Å². The Balaban J connectivity index is 1.26. The number of hydrogen-bond acceptors (Lipinski definition) is 4. The molecule has 186 valence electrons. The van der Waals surface area contributed by atoms with Gasteiger partial charge in [-0.1, -0.05) is 48.0 Å². The molecule has 0 spiro atoms. The van der Waals surface area contributed by atoms with E-state index in [0.29, 0.717) is 19.1 Å². The Morgan fingerprint density at radius 1 is 1.00 bits per heavy atom. The topological polar surface area (TPSA) is 41.6 Å². The normalized spacial score (nSPS) is 16.0. The minimum absolute atomic E-state index is 0.0724. The van der Waals surface area contributed by atoms with Crippen LogP contribution in [0.25, 0.3) is 17.2 Å². The van der Waals surface area contributed by atoms with Gasteiger partial charge < -0.3 is 10.1 Å².